The maximum Gasteiger partial charge on any atom is 0.265 e. The van der Waals surface area contributed by atoms with Crippen LogP contribution in [-0.4, -0.2) is 49.0 Å². The number of carbonyl (C=O) groups is 1. The summed E-state index contributed by atoms with van der Waals surface area (Å²) in [5.74, 6) is -0.0272. The van der Waals surface area contributed by atoms with Gasteiger partial charge in [0.2, 0.25) is 0 Å². The molecule has 0 spiro atoms. The summed E-state index contributed by atoms with van der Waals surface area (Å²) in [5, 5.41) is 2.80. The predicted molar refractivity (Wildman–Crippen MR) is 75.6 cm³/mol. The Kier molecular flexibility index (Phi) is 4.74. The molecule has 1 saturated heterocycles. The number of hydrogen-bond acceptors (Lipinski definition) is 3. The molecule has 1 aliphatic rings. The number of piperazine rings is 1. The van der Waals surface area contributed by atoms with E-state index in [2.05, 4.69) is 33.3 Å². The average molecular weight is 312 g/mol. The first kappa shape index (κ1) is 13.5. The van der Waals surface area contributed by atoms with Crippen LogP contribution in [0.1, 0.15) is 15.9 Å². The highest BCUT2D eigenvalue weighted by molar-refractivity contribution is 9.08. The zero-order valence-electron chi connectivity index (χ0n) is 10.5. The van der Waals surface area contributed by atoms with Gasteiger partial charge in [-0.3, -0.25) is 10.2 Å². The van der Waals surface area contributed by atoms with Gasteiger partial charge in [-0.05, 0) is 24.7 Å². The van der Waals surface area contributed by atoms with Gasteiger partial charge in [-0.1, -0.05) is 28.1 Å². The van der Waals surface area contributed by atoms with Crippen molar-refractivity contribution in [3.63, 3.8) is 0 Å². The first-order chi connectivity index (χ1) is 8.69. The summed E-state index contributed by atoms with van der Waals surface area (Å²) in [6, 6.07) is 7.66. The smallest absolute Gasteiger partial charge is 0.265 e. The molecule has 5 heteroatoms. The van der Waals surface area contributed by atoms with Crippen molar-refractivity contribution < 1.29 is 4.79 Å². The highest BCUT2D eigenvalue weighted by atomic mass is 79.9. The fourth-order valence-electron chi connectivity index (χ4n) is 1.87. The number of halogens is 1. The molecule has 1 heterocycles. The van der Waals surface area contributed by atoms with E-state index in [9.17, 15) is 4.79 Å². The van der Waals surface area contributed by atoms with Crippen LogP contribution in [0.25, 0.3) is 0 Å². The molecule has 0 unspecified atom stereocenters. The van der Waals surface area contributed by atoms with Crippen LogP contribution >= 0.6 is 15.9 Å². The normalized spacial score (nSPS) is 17.7. The summed E-state index contributed by atoms with van der Waals surface area (Å²) in [7, 11) is 2.10. The van der Waals surface area contributed by atoms with E-state index in [0.29, 0.717) is 5.56 Å². The van der Waals surface area contributed by atoms with E-state index >= 15 is 0 Å². The molecule has 1 aliphatic heterocycles. The molecule has 1 amide bonds. The SMILES string of the molecule is CN1CCN(NC(=O)c2ccc(CBr)cc2)CC1. The van der Waals surface area contributed by atoms with E-state index in [1.54, 1.807) is 0 Å². The minimum Gasteiger partial charge on any atom is -0.304 e. The number of carbonyl (C=O) groups excluding carboxylic acids is 1. The van der Waals surface area contributed by atoms with E-state index in [-0.39, 0.29) is 5.91 Å². The van der Waals surface area contributed by atoms with Gasteiger partial charge in [0.25, 0.3) is 5.91 Å². The minimum atomic E-state index is -0.0272. The number of rotatable bonds is 3. The Balaban J connectivity index is 1.90. The summed E-state index contributed by atoms with van der Waals surface area (Å²) in [5.41, 5.74) is 4.83. The molecule has 0 bridgehead atoms. The van der Waals surface area contributed by atoms with Crippen LogP contribution in [0.4, 0.5) is 0 Å². The summed E-state index contributed by atoms with van der Waals surface area (Å²) in [6.07, 6.45) is 0. The van der Waals surface area contributed by atoms with Gasteiger partial charge in [-0.2, -0.15) is 0 Å². The van der Waals surface area contributed by atoms with Crippen molar-refractivity contribution in [3.05, 3.63) is 35.4 Å². The molecule has 0 aromatic heterocycles. The predicted octanol–water partition coefficient (Wildman–Crippen LogP) is 1.47. The number of amides is 1. The highest BCUT2D eigenvalue weighted by Gasteiger charge is 2.16. The molecule has 0 radical (unpaired) electrons. The molecule has 98 valence electrons. The van der Waals surface area contributed by atoms with Crippen LogP contribution in [-0.2, 0) is 5.33 Å². The third-order valence-electron chi connectivity index (χ3n) is 3.13. The Labute approximate surface area is 116 Å². The van der Waals surface area contributed by atoms with Crippen LogP contribution in [0.3, 0.4) is 0 Å². The largest absolute Gasteiger partial charge is 0.304 e. The number of likely N-dealkylation sites (N-methyl/N-ethyl adjacent to an activating group) is 1. The fourth-order valence-corrected chi connectivity index (χ4v) is 2.25. The Hall–Kier alpha value is -0.910. The minimum absolute atomic E-state index is 0.0272. The Bertz CT molecular complexity index is 399. The lowest BCUT2D eigenvalue weighted by Gasteiger charge is -2.32. The van der Waals surface area contributed by atoms with Gasteiger partial charge >= 0.3 is 0 Å². The van der Waals surface area contributed by atoms with Crippen LogP contribution in [0.2, 0.25) is 0 Å². The Morgan fingerprint density at radius 2 is 1.83 bits per heavy atom. The van der Waals surface area contributed by atoms with Crippen molar-refractivity contribution in [2.75, 3.05) is 33.2 Å². The second-order valence-electron chi connectivity index (χ2n) is 4.56. The van der Waals surface area contributed by atoms with Gasteiger partial charge < -0.3 is 4.90 Å². The molecule has 1 aromatic rings. The van der Waals surface area contributed by atoms with Gasteiger partial charge in [-0.25, -0.2) is 5.01 Å². The van der Waals surface area contributed by atoms with Gasteiger partial charge in [0.1, 0.15) is 0 Å². The molecular formula is C13H18BrN3O. The van der Waals surface area contributed by atoms with Gasteiger partial charge in [0, 0.05) is 37.1 Å². The number of benzene rings is 1. The van der Waals surface area contributed by atoms with E-state index < -0.39 is 0 Å². The molecular weight excluding hydrogens is 294 g/mol. The summed E-state index contributed by atoms with van der Waals surface area (Å²) in [6.45, 7) is 3.73. The second-order valence-corrected chi connectivity index (χ2v) is 5.12. The maximum absolute atomic E-state index is 12.0. The number of alkyl halides is 1. The van der Waals surface area contributed by atoms with Crippen LogP contribution in [0, 0.1) is 0 Å². The first-order valence-corrected chi connectivity index (χ1v) is 7.20. The topological polar surface area (TPSA) is 35.6 Å². The molecule has 0 aliphatic carbocycles. The number of hydrazine groups is 1. The molecule has 4 nitrogen and oxygen atoms in total. The zero-order chi connectivity index (χ0) is 13.0. The summed E-state index contributed by atoms with van der Waals surface area (Å²) < 4.78 is 0. The second kappa shape index (κ2) is 6.31. The molecule has 18 heavy (non-hydrogen) atoms. The lowest BCUT2D eigenvalue weighted by atomic mass is 10.1. The number of nitrogens with one attached hydrogen (secondary N) is 1. The Morgan fingerprint density at radius 3 is 2.39 bits per heavy atom. The van der Waals surface area contributed by atoms with Crippen molar-refractivity contribution in [2.45, 2.75) is 5.33 Å². The van der Waals surface area contributed by atoms with Gasteiger partial charge in [0.15, 0.2) is 0 Å². The van der Waals surface area contributed by atoms with Crippen molar-refractivity contribution in [3.8, 4) is 0 Å². The van der Waals surface area contributed by atoms with Crippen molar-refractivity contribution in [1.29, 1.82) is 0 Å². The first-order valence-electron chi connectivity index (χ1n) is 6.08. The van der Waals surface area contributed by atoms with Crippen LogP contribution in [0.5, 0.6) is 0 Å². The number of hydrogen-bond donors (Lipinski definition) is 1. The molecule has 0 saturated carbocycles. The summed E-state index contributed by atoms with van der Waals surface area (Å²) in [4.78, 5) is 14.3. The number of nitrogens with zero attached hydrogens (tertiary/aromatic N) is 2. The van der Waals surface area contributed by atoms with E-state index in [0.717, 1.165) is 31.5 Å². The fraction of sp³-hybridized carbons (Fsp3) is 0.462. The molecule has 0 atom stereocenters. The monoisotopic (exact) mass is 311 g/mol. The quantitative estimate of drug-likeness (QED) is 0.859. The third-order valence-corrected chi connectivity index (χ3v) is 3.78. The third kappa shape index (κ3) is 3.54. The lowest BCUT2D eigenvalue weighted by molar-refractivity contribution is 0.0662. The van der Waals surface area contributed by atoms with Crippen molar-refractivity contribution in [2.24, 2.45) is 0 Å². The average Bonchev–Trinajstić information content (AvgIpc) is 2.41. The van der Waals surface area contributed by atoms with E-state index in [4.69, 9.17) is 0 Å². The standard InChI is InChI=1S/C13H18BrN3O/c1-16-6-8-17(9-7-16)15-13(18)12-4-2-11(10-14)3-5-12/h2-5H,6-10H2,1H3,(H,15,18). The van der Waals surface area contributed by atoms with Gasteiger partial charge in [0.05, 0.1) is 0 Å². The van der Waals surface area contributed by atoms with Crippen LogP contribution in [0.15, 0.2) is 24.3 Å². The Morgan fingerprint density at radius 1 is 1.22 bits per heavy atom. The molecule has 1 N–H and O–H groups in total. The zero-order valence-corrected chi connectivity index (χ0v) is 12.1. The highest BCUT2D eigenvalue weighted by Crippen LogP contribution is 2.08. The molecule has 1 fully saturated rings. The lowest BCUT2D eigenvalue weighted by Crippen LogP contribution is -2.52. The molecule has 2 rings (SSSR count). The maximum atomic E-state index is 12.0. The van der Waals surface area contributed by atoms with Crippen molar-refractivity contribution in [1.82, 2.24) is 15.3 Å². The van der Waals surface area contributed by atoms with Crippen LogP contribution < -0.4 is 5.43 Å². The van der Waals surface area contributed by atoms with E-state index in [1.807, 2.05) is 29.3 Å². The van der Waals surface area contributed by atoms with Crippen molar-refractivity contribution >= 4 is 21.8 Å². The van der Waals surface area contributed by atoms with E-state index in [1.165, 1.54) is 5.56 Å². The van der Waals surface area contributed by atoms with Gasteiger partial charge in [-0.15, -0.1) is 0 Å². The summed E-state index contributed by atoms with van der Waals surface area (Å²) >= 11 is 3.39. The molecule has 1 aromatic carbocycles.